The fourth-order valence-corrected chi connectivity index (χ4v) is 2.20. The number of hydrogen-bond acceptors (Lipinski definition) is 5. The van der Waals surface area contributed by atoms with Gasteiger partial charge >= 0.3 is 0 Å². The summed E-state index contributed by atoms with van der Waals surface area (Å²) in [7, 11) is 0. The smallest absolute Gasteiger partial charge is 0.203 e. The number of rotatable bonds is 6. The number of ether oxygens (including phenoxy) is 1. The van der Waals surface area contributed by atoms with Crippen LogP contribution in [0, 0.1) is 0 Å². The van der Waals surface area contributed by atoms with E-state index in [0.29, 0.717) is 5.13 Å². The third-order valence-electron chi connectivity index (χ3n) is 2.51. The number of benzene rings is 1. The number of hydrogen-bond donors (Lipinski definition) is 1. The number of aryl methyl sites for hydroxylation is 2. The molecule has 0 saturated carbocycles. The van der Waals surface area contributed by atoms with Crippen molar-refractivity contribution in [3.63, 3.8) is 0 Å². The maximum absolute atomic E-state index is 5.54. The molecular formula is C13H17N3OS. The van der Waals surface area contributed by atoms with Gasteiger partial charge in [0.15, 0.2) is 0 Å². The lowest BCUT2D eigenvalue weighted by Crippen LogP contribution is -1.95. The van der Waals surface area contributed by atoms with Gasteiger partial charge in [0.1, 0.15) is 10.8 Å². The summed E-state index contributed by atoms with van der Waals surface area (Å²) in [4.78, 5) is 0. The highest BCUT2D eigenvalue weighted by Gasteiger charge is 2.02. The molecule has 0 fully saturated rings. The third-order valence-corrected chi connectivity index (χ3v) is 3.32. The van der Waals surface area contributed by atoms with E-state index in [1.807, 2.05) is 12.1 Å². The standard InChI is InChI=1S/C13H17N3OS/c1-2-9-17-11-6-3-10(4-7-11)5-8-12-15-16-13(14)18-12/h3-4,6-7H,2,5,8-9H2,1H3,(H2,14,16). The zero-order valence-corrected chi connectivity index (χ0v) is 11.2. The first-order valence-electron chi connectivity index (χ1n) is 6.07. The lowest BCUT2D eigenvalue weighted by molar-refractivity contribution is 0.317. The molecule has 0 amide bonds. The second kappa shape index (κ2) is 6.35. The first kappa shape index (κ1) is 12.8. The van der Waals surface area contributed by atoms with Crippen LogP contribution in [0.25, 0.3) is 0 Å². The van der Waals surface area contributed by atoms with Crippen molar-refractivity contribution < 1.29 is 4.74 Å². The van der Waals surface area contributed by atoms with E-state index in [2.05, 4.69) is 29.3 Å². The van der Waals surface area contributed by atoms with Crippen molar-refractivity contribution >= 4 is 16.5 Å². The Hall–Kier alpha value is -1.62. The molecule has 18 heavy (non-hydrogen) atoms. The number of aromatic nitrogens is 2. The normalized spacial score (nSPS) is 10.5. The highest BCUT2D eigenvalue weighted by molar-refractivity contribution is 7.15. The molecule has 0 spiro atoms. The minimum absolute atomic E-state index is 0.535. The quantitative estimate of drug-likeness (QED) is 0.870. The molecule has 2 aromatic rings. The number of nitrogens with two attached hydrogens (primary N) is 1. The monoisotopic (exact) mass is 263 g/mol. The van der Waals surface area contributed by atoms with Crippen molar-refractivity contribution in [2.75, 3.05) is 12.3 Å². The van der Waals surface area contributed by atoms with Gasteiger partial charge < -0.3 is 10.5 Å². The van der Waals surface area contributed by atoms with Gasteiger partial charge in [0.2, 0.25) is 5.13 Å². The third kappa shape index (κ3) is 3.70. The Morgan fingerprint density at radius 1 is 1.17 bits per heavy atom. The average molecular weight is 263 g/mol. The lowest BCUT2D eigenvalue weighted by Gasteiger charge is -2.05. The van der Waals surface area contributed by atoms with Crippen molar-refractivity contribution in [2.24, 2.45) is 0 Å². The van der Waals surface area contributed by atoms with Crippen molar-refractivity contribution in [1.29, 1.82) is 0 Å². The Morgan fingerprint density at radius 2 is 1.94 bits per heavy atom. The summed E-state index contributed by atoms with van der Waals surface area (Å²) < 4.78 is 5.54. The Bertz CT molecular complexity index is 481. The van der Waals surface area contributed by atoms with Crippen LogP contribution in [0.15, 0.2) is 24.3 Å². The summed E-state index contributed by atoms with van der Waals surface area (Å²) in [5, 5.41) is 9.33. The minimum atomic E-state index is 0.535. The summed E-state index contributed by atoms with van der Waals surface area (Å²) in [5.74, 6) is 0.931. The van der Waals surface area contributed by atoms with Crippen LogP contribution in [0.4, 0.5) is 5.13 Å². The highest BCUT2D eigenvalue weighted by Crippen LogP contribution is 2.16. The van der Waals surface area contributed by atoms with Gasteiger partial charge in [-0.15, -0.1) is 10.2 Å². The molecule has 2 N–H and O–H groups in total. The van der Waals surface area contributed by atoms with Gasteiger partial charge in [-0.05, 0) is 30.5 Å². The number of anilines is 1. The lowest BCUT2D eigenvalue weighted by atomic mass is 10.1. The fraction of sp³-hybridized carbons (Fsp3) is 0.385. The van der Waals surface area contributed by atoms with E-state index in [-0.39, 0.29) is 0 Å². The van der Waals surface area contributed by atoms with E-state index in [9.17, 15) is 0 Å². The zero-order chi connectivity index (χ0) is 12.8. The first-order chi connectivity index (χ1) is 8.78. The van der Waals surface area contributed by atoms with Gasteiger partial charge in [-0.25, -0.2) is 0 Å². The molecule has 0 bridgehead atoms. The molecule has 0 aliphatic heterocycles. The van der Waals surface area contributed by atoms with Crippen LogP contribution in [-0.4, -0.2) is 16.8 Å². The Kier molecular flexibility index (Phi) is 4.52. The molecule has 5 heteroatoms. The largest absolute Gasteiger partial charge is 0.494 e. The summed E-state index contributed by atoms with van der Waals surface area (Å²) in [6.07, 6.45) is 2.85. The molecule has 1 heterocycles. The second-order valence-corrected chi connectivity index (χ2v) is 5.12. The van der Waals surface area contributed by atoms with E-state index in [4.69, 9.17) is 10.5 Å². The Balaban J connectivity index is 1.86. The van der Waals surface area contributed by atoms with Gasteiger partial charge in [-0.1, -0.05) is 30.4 Å². The summed E-state index contributed by atoms with van der Waals surface area (Å²) >= 11 is 1.45. The molecule has 0 atom stereocenters. The van der Waals surface area contributed by atoms with Crippen LogP contribution < -0.4 is 10.5 Å². The molecule has 0 unspecified atom stereocenters. The zero-order valence-electron chi connectivity index (χ0n) is 10.4. The minimum Gasteiger partial charge on any atom is -0.494 e. The van der Waals surface area contributed by atoms with Gasteiger partial charge in [-0.2, -0.15) is 0 Å². The predicted molar refractivity (Wildman–Crippen MR) is 74.0 cm³/mol. The van der Waals surface area contributed by atoms with Crippen molar-refractivity contribution in [1.82, 2.24) is 10.2 Å². The molecule has 1 aromatic heterocycles. The fourth-order valence-electron chi connectivity index (χ4n) is 1.59. The highest BCUT2D eigenvalue weighted by atomic mass is 32.1. The van der Waals surface area contributed by atoms with E-state index >= 15 is 0 Å². The molecule has 2 rings (SSSR count). The van der Waals surface area contributed by atoms with Gasteiger partial charge in [-0.3, -0.25) is 0 Å². The van der Waals surface area contributed by atoms with Crippen molar-refractivity contribution in [2.45, 2.75) is 26.2 Å². The molecule has 0 aliphatic carbocycles. The maximum Gasteiger partial charge on any atom is 0.203 e. The van der Waals surface area contributed by atoms with Crippen LogP contribution in [0.2, 0.25) is 0 Å². The summed E-state index contributed by atoms with van der Waals surface area (Å²) in [6, 6.07) is 8.21. The first-order valence-corrected chi connectivity index (χ1v) is 6.89. The number of nitrogens with zero attached hydrogens (tertiary/aromatic N) is 2. The van der Waals surface area contributed by atoms with Gasteiger partial charge in [0.05, 0.1) is 6.61 Å². The molecular weight excluding hydrogens is 246 g/mol. The Labute approximate surface area is 111 Å². The van der Waals surface area contributed by atoms with Crippen LogP contribution >= 0.6 is 11.3 Å². The summed E-state index contributed by atoms with van der Waals surface area (Å²) in [6.45, 7) is 2.87. The van der Waals surface area contributed by atoms with Gasteiger partial charge in [0, 0.05) is 6.42 Å². The van der Waals surface area contributed by atoms with Crippen LogP contribution in [0.3, 0.4) is 0 Å². The molecule has 4 nitrogen and oxygen atoms in total. The van der Waals surface area contributed by atoms with Crippen LogP contribution in [-0.2, 0) is 12.8 Å². The molecule has 0 radical (unpaired) electrons. The molecule has 0 aliphatic rings. The maximum atomic E-state index is 5.54. The van der Waals surface area contributed by atoms with E-state index in [1.165, 1.54) is 16.9 Å². The average Bonchev–Trinajstić information content (AvgIpc) is 2.81. The van der Waals surface area contributed by atoms with E-state index in [0.717, 1.165) is 36.6 Å². The predicted octanol–water partition coefficient (Wildman–Crippen LogP) is 2.69. The van der Waals surface area contributed by atoms with E-state index < -0.39 is 0 Å². The SMILES string of the molecule is CCCOc1ccc(CCc2nnc(N)s2)cc1. The molecule has 96 valence electrons. The second-order valence-electron chi connectivity index (χ2n) is 4.03. The summed E-state index contributed by atoms with van der Waals surface area (Å²) in [5.41, 5.74) is 6.81. The van der Waals surface area contributed by atoms with Crippen molar-refractivity contribution in [3.05, 3.63) is 34.8 Å². The van der Waals surface area contributed by atoms with Gasteiger partial charge in [0.25, 0.3) is 0 Å². The van der Waals surface area contributed by atoms with Crippen LogP contribution in [0.5, 0.6) is 5.75 Å². The number of nitrogen functional groups attached to an aromatic ring is 1. The topological polar surface area (TPSA) is 61.0 Å². The van der Waals surface area contributed by atoms with E-state index in [1.54, 1.807) is 0 Å². The van der Waals surface area contributed by atoms with Crippen LogP contribution in [0.1, 0.15) is 23.9 Å². The Morgan fingerprint density at radius 3 is 2.56 bits per heavy atom. The molecule has 1 aromatic carbocycles. The van der Waals surface area contributed by atoms with Crippen molar-refractivity contribution in [3.8, 4) is 5.75 Å². The molecule has 0 saturated heterocycles.